The maximum Gasteiger partial charge on any atom is 0.339 e. The highest BCUT2D eigenvalue weighted by Gasteiger charge is 2.48. The van der Waals surface area contributed by atoms with Gasteiger partial charge in [-0.25, -0.2) is 9.59 Å². The molecular formula is C31H46N4O13. The fourth-order valence-corrected chi connectivity index (χ4v) is 5.41. The summed E-state index contributed by atoms with van der Waals surface area (Å²) >= 11 is 0. The molecule has 0 unspecified atom stereocenters. The lowest BCUT2D eigenvalue weighted by Gasteiger charge is -2.44. The van der Waals surface area contributed by atoms with Gasteiger partial charge < -0.3 is 70.3 Å². The predicted molar refractivity (Wildman–Crippen MR) is 168 cm³/mol. The minimum absolute atomic E-state index is 0.0744. The summed E-state index contributed by atoms with van der Waals surface area (Å²) < 4.78 is 28.2. The first kappa shape index (κ1) is 38.6. The molecule has 3 aliphatic heterocycles. The van der Waals surface area contributed by atoms with Gasteiger partial charge in [-0.1, -0.05) is 18.2 Å². The molecule has 268 valence electrons. The SMILES string of the molecule is C=C[C@H]1[C@H](O[C@@H]2O[C@H](CO)[C@@H](O)[C@H](O)[C@H]2OCC)OC=C(C(=O)OC)[C@H]1/C=C/C1=C(NC(N)=NCCCO)C(C(=O)O)=CN(CCO)C1. The number of hydrogen-bond acceptors (Lipinski definition) is 14. The van der Waals surface area contributed by atoms with Crippen molar-refractivity contribution in [1.29, 1.82) is 0 Å². The Hall–Kier alpha value is -3.81. The van der Waals surface area contributed by atoms with Crippen molar-refractivity contribution in [1.82, 2.24) is 10.2 Å². The largest absolute Gasteiger partial charge is 0.478 e. The number of carbonyl (C=O) groups excluding carboxylic acids is 1. The molecule has 17 heteroatoms. The van der Waals surface area contributed by atoms with E-state index in [2.05, 4.69) is 16.9 Å². The Morgan fingerprint density at radius 1 is 1.21 bits per heavy atom. The second-order valence-electron chi connectivity index (χ2n) is 10.9. The van der Waals surface area contributed by atoms with E-state index < -0.39 is 67.4 Å². The van der Waals surface area contributed by atoms with Crippen molar-refractivity contribution in [3.8, 4) is 0 Å². The number of esters is 1. The number of rotatable bonds is 16. The van der Waals surface area contributed by atoms with Gasteiger partial charge in [-0.05, 0) is 18.9 Å². The molecule has 8 atom stereocenters. The van der Waals surface area contributed by atoms with E-state index in [4.69, 9.17) is 34.5 Å². The van der Waals surface area contributed by atoms with Crippen LogP contribution >= 0.6 is 0 Å². The maximum atomic E-state index is 12.9. The molecule has 0 spiro atoms. The number of carbonyl (C=O) groups is 2. The summed E-state index contributed by atoms with van der Waals surface area (Å²) in [5.74, 6) is -3.73. The van der Waals surface area contributed by atoms with Crippen LogP contribution in [-0.2, 0) is 33.3 Å². The lowest BCUT2D eigenvalue weighted by molar-refractivity contribution is -0.344. The summed E-state index contributed by atoms with van der Waals surface area (Å²) in [6.07, 6.45) is -0.227. The number of allylic oxidation sites excluding steroid dienone is 1. The zero-order valence-electron chi connectivity index (χ0n) is 26.9. The van der Waals surface area contributed by atoms with Gasteiger partial charge >= 0.3 is 11.9 Å². The Morgan fingerprint density at radius 2 is 1.96 bits per heavy atom. The van der Waals surface area contributed by atoms with Gasteiger partial charge in [0.2, 0.25) is 6.29 Å². The molecule has 1 saturated heterocycles. The van der Waals surface area contributed by atoms with Crippen molar-refractivity contribution in [3.05, 3.63) is 59.7 Å². The number of ether oxygens (including phenoxy) is 5. The number of guanidine groups is 1. The summed E-state index contributed by atoms with van der Waals surface area (Å²) in [5.41, 5.74) is 6.48. The molecule has 0 saturated carbocycles. The summed E-state index contributed by atoms with van der Waals surface area (Å²) in [6, 6.07) is 0. The lowest BCUT2D eigenvalue weighted by Crippen LogP contribution is -2.61. The van der Waals surface area contributed by atoms with Gasteiger partial charge in [0.05, 0.1) is 49.3 Å². The van der Waals surface area contributed by atoms with Crippen LogP contribution in [0.2, 0.25) is 0 Å². The van der Waals surface area contributed by atoms with Gasteiger partial charge in [0.25, 0.3) is 0 Å². The van der Waals surface area contributed by atoms with Crippen LogP contribution in [-0.4, -0.2) is 144 Å². The number of carboxylic acid groups (broad SMARTS) is 1. The van der Waals surface area contributed by atoms with Crippen LogP contribution in [0.4, 0.5) is 0 Å². The first-order valence-electron chi connectivity index (χ1n) is 15.4. The van der Waals surface area contributed by atoms with Crippen molar-refractivity contribution in [2.45, 2.75) is 50.3 Å². The maximum absolute atomic E-state index is 12.9. The first-order valence-corrected chi connectivity index (χ1v) is 15.4. The zero-order chi connectivity index (χ0) is 35.4. The molecule has 3 rings (SSSR count). The molecule has 0 amide bonds. The van der Waals surface area contributed by atoms with E-state index >= 15 is 0 Å². The van der Waals surface area contributed by atoms with Gasteiger partial charge in [0.1, 0.15) is 24.4 Å². The summed E-state index contributed by atoms with van der Waals surface area (Å²) in [5, 5.41) is 62.3. The average molecular weight is 683 g/mol. The molecule has 0 aromatic heterocycles. The highest BCUT2D eigenvalue weighted by molar-refractivity contribution is 5.95. The van der Waals surface area contributed by atoms with Crippen LogP contribution in [0, 0.1) is 11.8 Å². The molecular weight excluding hydrogens is 636 g/mol. The van der Waals surface area contributed by atoms with Crippen LogP contribution in [0.15, 0.2) is 64.7 Å². The number of aliphatic imine (C=N–C) groups is 1. The van der Waals surface area contributed by atoms with Crippen LogP contribution in [0.1, 0.15) is 13.3 Å². The molecule has 1 fully saturated rings. The standard InChI is InChI=1S/C31H46N4O13/c1-4-18-19(8-7-17-13-35(10-12-37)14-20(27(41)42)23(17)34-31(32)33-9-6-11-36)21(28(43)44-3)16-46-29(18)48-30-26(45-5-2)25(40)24(39)22(15-38)47-30/h4,7-8,14,16,18-19,22,24-26,29-30,36-40H,1,5-6,9-13,15H2,2-3H3,(H,41,42)(H3,32,33,34)/b8-7+/t18-,19+,22-,24-,25+,26-,29+,30+/m1/s1. The number of aliphatic hydroxyl groups is 5. The second kappa shape index (κ2) is 18.7. The van der Waals surface area contributed by atoms with Gasteiger partial charge in [-0.2, -0.15) is 0 Å². The van der Waals surface area contributed by atoms with E-state index in [-0.39, 0.29) is 62.3 Å². The number of methoxy groups -OCH3 is 1. The van der Waals surface area contributed by atoms with Crippen LogP contribution in [0.25, 0.3) is 0 Å². The molecule has 0 aromatic carbocycles. The van der Waals surface area contributed by atoms with Crippen molar-refractivity contribution in [2.75, 3.05) is 53.2 Å². The van der Waals surface area contributed by atoms with Crippen LogP contribution in [0.3, 0.4) is 0 Å². The van der Waals surface area contributed by atoms with Crippen molar-refractivity contribution < 1.29 is 63.9 Å². The molecule has 0 aromatic rings. The third-order valence-electron chi connectivity index (χ3n) is 7.81. The highest BCUT2D eigenvalue weighted by atomic mass is 16.8. The Bertz CT molecular complexity index is 1280. The molecule has 9 N–H and O–H groups in total. The molecule has 3 aliphatic rings. The van der Waals surface area contributed by atoms with E-state index in [1.54, 1.807) is 24.0 Å². The smallest absolute Gasteiger partial charge is 0.339 e. The molecule has 0 aliphatic carbocycles. The predicted octanol–water partition coefficient (Wildman–Crippen LogP) is -1.95. The Morgan fingerprint density at radius 3 is 2.56 bits per heavy atom. The Balaban J connectivity index is 2.04. The minimum Gasteiger partial charge on any atom is -0.478 e. The number of aliphatic hydroxyl groups excluding tert-OH is 5. The van der Waals surface area contributed by atoms with Gasteiger partial charge in [-0.3, -0.25) is 4.99 Å². The minimum atomic E-state index is -1.47. The van der Waals surface area contributed by atoms with E-state index in [1.165, 1.54) is 19.4 Å². The molecule has 17 nitrogen and oxygen atoms in total. The van der Waals surface area contributed by atoms with E-state index in [1.807, 2.05) is 0 Å². The summed E-state index contributed by atoms with van der Waals surface area (Å²) in [4.78, 5) is 30.9. The summed E-state index contributed by atoms with van der Waals surface area (Å²) in [6.45, 7) is 5.17. The van der Waals surface area contributed by atoms with Crippen molar-refractivity contribution >= 4 is 17.9 Å². The topological polar surface area (TPSA) is 255 Å². The first-order chi connectivity index (χ1) is 23.0. The monoisotopic (exact) mass is 682 g/mol. The van der Waals surface area contributed by atoms with E-state index in [0.29, 0.717) is 12.0 Å². The third kappa shape index (κ3) is 9.42. The fraction of sp³-hybridized carbons (Fsp3) is 0.581. The van der Waals surface area contributed by atoms with Crippen molar-refractivity contribution in [3.63, 3.8) is 0 Å². The Kier molecular flexibility index (Phi) is 15.0. The van der Waals surface area contributed by atoms with E-state index in [9.17, 15) is 35.1 Å². The lowest BCUT2D eigenvalue weighted by atomic mass is 9.83. The third-order valence-corrected chi connectivity index (χ3v) is 7.81. The number of β-amino-alcohol motifs (C(OH)–C–C–N with tert-alkyl or cyclic N) is 1. The molecule has 48 heavy (non-hydrogen) atoms. The van der Waals surface area contributed by atoms with Crippen LogP contribution < -0.4 is 11.1 Å². The summed E-state index contributed by atoms with van der Waals surface area (Å²) in [7, 11) is 1.20. The van der Waals surface area contributed by atoms with Gasteiger partial charge in [0.15, 0.2) is 12.2 Å². The normalized spacial score (nSPS) is 29.6. The van der Waals surface area contributed by atoms with Crippen molar-refractivity contribution in [2.24, 2.45) is 22.6 Å². The highest BCUT2D eigenvalue weighted by Crippen LogP contribution is 2.37. The van der Waals surface area contributed by atoms with E-state index in [0.717, 1.165) is 6.26 Å². The molecule has 0 radical (unpaired) electrons. The number of nitrogens with one attached hydrogen (secondary N) is 1. The average Bonchev–Trinajstić information content (AvgIpc) is 3.07. The number of aliphatic carboxylic acids is 1. The van der Waals surface area contributed by atoms with Gasteiger partial charge in [-0.15, -0.1) is 6.58 Å². The fourth-order valence-electron chi connectivity index (χ4n) is 5.41. The van der Waals surface area contributed by atoms with Crippen LogP contribution in [0.5, 0.6) is 0 Å². The number of nitrogens with two attached hydrogens (primary N) is 1. The zero-order valence-corrected chi connectivity index (χ0v) is 26.9. The number of carboxylic acids is 1. The number of nitrogens with zero attached hydrogens (tertiary/aromatic N) is 2. The second-order valence-corrected chi connectivity index (χ2v) is 10.9. The molecule has 0 bridgehead atoms. The Labute approximate surface area is 277 Å². The molecule has 3 heterocycles. The number of hydrogen-bond donors (Lipinski definition) is 8. The quantitative estimate of drug-likeness (QED) is 0.0289. The van der Waals surface area contributed by atoms with Gasteiger partial charge in [0, 0.05) is 45.0 Å².